The van der Waals surface area contributed by atoms with E-state index in [1.165, 1.54) is 4.90 Å². The fourth-order valence-corrected chi connectivity index (χ4v) is 10.8. The predicted octanol–water partition coefficient (Wildman–Crippen LogP) is 7.12. The summed E-state index contributed by atoms with van der Waals surface area (Å²) in [7, 11) is -3.92. The molecule has 4 amide bonds. The zero-order chi connectivity index (χ0) is 44.8. The highest BCUT2D eigenvalue weighted by Crippen LogP contribution is 2.46. The molecule has 3 saturated carbocycles. The van der Waals surface area contributed by atoms with Crippen molar-refractivity contribution < 1.29 is 41.5 Å². The van der Waals surface area contributed by atoms with Gasteiger partial charge in [0.1, 0.15) is 40.9 Å². The molecule has 2 aromatic heterocycles. The molecule has 0 radical (unpaired) electrons. The Kier molecular flexibility index (Phi) is 11.9. The molecule has 15 nitrogen and oxygen atoms in total. The van der Waals surface area contributed by atoms with Crippen molar-refractivity contribution in [2.24, 2.45) is 5.92 Å². The normalized spacial score (nSPS) is 26.0. The van der Waals surface area contributed by atoms with Crippen molar-refractivity contribution in [2.45, 2.75) is 151 Å². The number of ether oxygens (including phenoxy) is 2. The van der Waals surface area contributed by atoms with Crippen molar-refractivity contribution in [3.8, 4) is 17.3 Å². The smallest absolute Gasteiger partial charge is 0.408 e. The third-order valence-corrected chi connectivity index (χ3v) is 15.3. The molecular formula is C48H58N6O9S. The van der Waals surface area contributed by atoms with Crippen LogP contribution in [0.5, 0.6) is 5.88 Å². The van der Waals surface area contributed by atoms with Crippen LogP contribution in [0.2, 0.25) is 0 Å². The second kappa shape index (κ2) is 17.5. The van der Waals surface area contributed by atoms with Crippen LogP contribution in [0.1, 0.15) is 116 Å². The number of aromatic nitrogens is 2. The number of nitrogens with one attached hydrogen (secondary N) is 3. The van der Waals surface area contributed by atoms with E-state index in [-0.39, 0.29) is 36.8 Å². The van der Waals surface area contributed by atoms with E-state index in [4.69, 9.17) is 23.9 Å². The van der Waals surface area contributed by atoms with E-state index in [0.29, 0.717) is 54.6 Å². The van der Waals surface area contributed by atoms with Crippen molar-refractivity contribution in [3.63, 3.8) is 0 Å². The minimum Gasteiger partial charge on any atom is -0.470 e. The number of fused-ring (bicyclic) bond motifs is 5. The van der Waals surface area contributed by atoms with Gasteiger partial charge in [-0.05, 0) is 87.3 Å². The zero-order valence-electron chi connectivity index (χ0n) is 36.8. The molecule has 16 heteroatoms. The zero-order valence-corrected chi connectivity index (χ0v) is 37.6. The van der Waals surface area contributed by atoms with Crippen LogP contribution in [0.3, 0.4) is 0 Å². The monoisotopic (exact) mass is 894 g/mol. The summed E-state index contributed by atoms with van der Waals surface area (Å²) in [4.78, 5) is 68.2. The fraction of sp³-hybridized carbons (Fsp3) is 0.542. The second-order valence-corrected chi connectivity index (χ2v) is 21.3. The number of benzene rings is 2. The maximum Gasteiger partial charge on any atom is 0.408 e. The molecule has 3 aliphatic carbocycles. The summed E-state index contributed by atoms with van der Waals surface area (Å²) >= 11 is 0. The van der Waals surface area contributed by atoms with E-state index >= 15 is 0 Å². The molecule has 340 valence electrons. The number of para-hydroxylation sites is 1. The van der Waals surface area contributed by atoms with Crippen LogP contribution in [0.4, 0.5) is 4.79 Å². The summed E-state index contributed by atoms with van der Waals surface area (Å²) in [5.74, 6) is -1.83. The quantitative estimate of drug-likeness (QED) is 0.152. The number of allylic oxidation sites excluding steroid dienone is 1. The molecule has 64 heavy (non-hydrogen) atoms. The van der Waals surface area contributed by atoms with E-state index < -0.39 is 68.7 Å². The maximum atomic E-state index is 14.9. The molecule has 5 aliphatic rings. The fourth-order valence-electron chi connectivity index (χ4n) is 9.41. The first-order valence-corrected chi connectivity index (χ1v) is 24.5. The van der Waals surface area contributed by atoms with Gasteiger partial charge in [-0.3, -0.25) is 19.1 Å². The number of rotatable bonds is 8. The molecule has 0 spiro atoms. The Bertz CT molecular complexity index is 2580. The number of hydrogen-bond donors (Lipinski definition) is 3. The molecular weight excluding hydrogens is 837 g/mol. The molecule has 3 N–H and O–H groups in total. The van der Waals surface area contributed by atoms with Crippen LogP contribution >= 0.6 is 0 Å². The largest absolute Gasteiger partial charge is 0.470 e. The van der Waals surface area contributed by atoms with Crippen molar-refractivity contribution in [2.75, 3.05) is 6.54 Å². The van der Waals surface area contributed by atoms with Gasteiger partial charge in [0.2, 0.25) is 27.4 Å². The molecule has 2 aliphatic heterocycles. The third kappa shape index (κ3) is 9.20. The Morgan fingerprint density at radius 1 is 0.906 bits per heavy atom. The second-order valence-electron chi connectivity index (χ2n) is 19.3. The summed E-state index contributed by atoms with van der Waals surface area (Å²) in [5.41, 5.74) is 1.73. The topological polar surface area (TPSA) is 199 Å². The number of amides is 4. The molecule has 5 atom stereocenters. The summed E-state index contributed by atoms with van der Waals surface area (Å²) < 4.78 is 47.1. The first kappa shape index (κ1) is 43.7. The summed E-state index contributed by atoms with van der Waals surface area (Å²) in [6, 6.07) is 13.4. The van der Waals surface area contributed by atoms with E-state index in [9.17, 15) is 27.6 Å². The SMILES string of the molecule is CC(C)(C)c1ccc(-c2nc(O[C@@H]3C[C@H]4C(=O)N[C@]5(C(=O)NS(=O)(=O)C6CC6)C[C@H]5C=CCCCCC[C@H](NC(=O)OC5CCCCC5)C(=O)N4C3)c3oc4ccccc4c3n2)cc1. The van der Waals surface area contributed by atoms with Crippen molar-refractivity contribution in [3.05, 3.63) is 66.2 Å². The van der Waals surface area contributed by atoms with Gasteiger partial charge in [0.15, 0.2) is 5.82 Å². The number of furan rings is 1. The summed E-state index contributed by atoms with van der Waals surface area (Å²) in [6.07, 6.45) is 11.0. The summed E-state index contributed by atoms with van der Waals surface area (Å²) in [6.45, 7) is 6.37. The average molecular weight is 895 g/mol. The molecule has 4 heterocycles. The minimum atomic E-state index is -3.92. The lowest BCUT2D eigenvalue weighted by Crippen LogP contribution is -2.58. The highest BCUT2D eigenvalue weighted by Gasteiger charge is 2.62. The highest BCUT2D eigenvalue weighted by molar-refractivity contribution is 7.91. The van der Waals surface area contributed by atoms with E-state index in [2.05, 4.69) is 36.1 Å². The van der Waals surface area contributed by atoms with Crippen LogP contribution in [-0.2, 0) is 34.6 Å². The van der Waals surface area contributed by atoms with Crippen LogP contribution in [0, 0.1) is 5.92 Å². The van der Waals surface area contributed by atoms with Crippen molar-refractivity contribution in [1.82, 2.24) is 30.2 Å². The summed E-state index contributed by atoms with van der Waals surface area (Å²) in [5, 5.41) is 5.91. The van der Waals surface area contributed by atoms with Gasteiger partial charge in [0.05, 0.1) is 11.8 Å². The van der Waals surface area contributed by atoms with Gasteiger partial charge in [0, 0.05) is 23.3 Å². The van der Waals surface area contributed by atoms with E-state index in [1.807, 2.05) is 60.7 Å². The van der Waals surface area contributed by atoms with E-state index in [1.54, 1.807) is 0 Å². The number of carbonyl (C=O) groups excluding carboxylic acids is 4. The maximum absolute atomic E-state index is 14.9. The predicted molar refractivity (Wildman–Crippen MR) is 240 cm³/mol. The van der Waals surface area contributed by atoms with Crippen LogP contribution < -0.4 is 20.1 Å². The van der Waals surface area contributed by atoms with Crippen molar-refractivity contribution >= 4 is 55.9 Å². The first-order valence-electron chi connectivity index (χ1n) is 23.0. The van der Waals surface area contributed by atoms with Gasteiger partial charge < -0.3 is 29.4 Å². The molecule has 2 aromatic carbocycles. The number of alkyl carbamates (subject to hydrolysis) is 1. The number of sulfonamides is 1. The van der Waals surface area contributed by atoms with Crippen LogP contribution in [0.25, 0.3) is 33.5 Å². The minimum absolute atomic E-state index is 0.00324. The van der Waals surface area contributed by atoms with Gasteiger partial charge in [-0.25, -0.2) is 18.2 Å². The Hall–Kier alpha value is -5.51. The van der Waals surface area contributed by atoms with Crippen molar-refractivity contribution in [1.29, 1.82) is 0 Å². The van der Waals surface area contributed by atoms with E-state index in [0.717, 1.165) is 61.5 Å². The Labute approximate surface area is 373 Å². The Morgan fingerprint density at radius 2 is 1.64 bits per heavy atom. The standard InChI is InChI=1S/C48H58N6O9S/c1-47(2,3)30-22-20-29(21-23-30)41-50-39-35-17-12-13-19-38(35)63-40(39)43(51-41)61-33-26-37-42(55)52-48(45(57)53-64(59,60)34-24-25-34)27-31(48)14-8-5-4-6-11-18-36(44(56)54(37)28-33)49-46(58)62-32-15-9-7-10-16-32/h8,12-14,17,19-23,31-34,36-37H,4-7,9-11,15-16,18,24-28H2,1-3H3,(H,49,58)(H,52,55)(H,53,57)/t31-,33-,36+,37+,48-/m1/s1. The van der Waals surface area contributed by atoms with Crippen LogP contribution in [-0.4, -0.2) is 88.7 Å². The number of carbonyl (C=O) groups is 4. The number of hydrogen-bond acceptors (Lipinski definition) is 11. The molecule has 9 rings (SSSR count). The molecule has 0 bridgehead atoms. The Balaban J connectivity index is 1.05. The van der Waals surface area contributed by atoms with Gasteiger partial charge in [-0.15, -0.1) is 0 Å². The average Bonchev–Trinajstić information content (AvgIpc) is 4.17. The van der Waals surface area contributed by atoms with Gasteiger partial charge in [-0.2, -0.15) is 4.98 Å². The molecule has 0 unspecified atom stereocenters. The highest BCUT2D eigenvalue weighted by atomic mass is 32.2. The lowest BCUT2D eigenvalue weighted by Gasteiger charge is -2.30. The molecule has 4 fully saturated rings. The number of nitrogens with zero attached hydrogens (tertiary/aromatic N) is 3. The first-order chi connectivity index (χ1) is 30.7. The van der Waals surface area contributed by atoms with Gasteiger partial charge in [0.25, 0.3) is 11.8 Å². The lowest BCUT2D eigenvalue weighted by molar-refractivity contribution is -0.141. The molecule has 4 aromatic rings. The van der Waals surface area contributed by atoms with Gasteiger partial charge in [-0.1, -0.05) is 88.6 Å². The lowest BCUT2D eigenvalue weighted by atomic mass is 9.87. The van der Waals surface area contributed by atoms with Crippen LogP contribution in [0.15, 0.2) is 65.1 Å². The molecule has 1 saturated heterocycles. The third-order valence-electron chi connectivity index (χ3n) is 13.4. The Morgan fingerprint density at radius 3 is 2.39 bits per heavy atom. The van der Waals surface area contributed by atoms with Gasteiger partial charge >= 0.3 is 6.09 Å².